The molecule has 0 bridgehead atoms. The molecule has 0 aliphatic heterocycles. The van der Waals surface area contributed by atoms with Crippen LogP contribution in [0.4, 0.5) is 0 Å². The second kappa shape index (κ2) is 5.95. The number of nitrogens with zero attached hydrogens (tertiary/aromatic N) is 1. The summed E-state index contributed by atoms with van der Waals surface area (Å²) in [6.07, 6.45) is 7.93. The number of rotatable bonds is 3. The first-order valence-corrected chi connectivity index (χ1v) is 8.69. The van der Waals surface area contributed by atoms with Gasteiger partial charge in [0.15, 0.2) is 0 Å². The van der Waals surface area contributed by atoms with Gasteiger partial charge < -0.3 is 4.98 Å². The molecule has 1 aromatic heterocycles. The minimum absolute atomic E-state index is 0.108. The lowest BCUT2D eigenvalue weighted by atomic mass is 9.75. The quantitative estimate of drug-likeness (QED) is 0.704. The second-order valence-electron chi connectivity index (χ2n) is 6.97. The summed E-state index contributed by atoms with van der Waals surface area (Å²) in [7, 11) is 4.41. The van der Waals surface area contributed by atoms with E-state index in [1.54, 1.807) is 0 Å². The maximum absolute atomic E-state index is 3.41. The Balaban J connectivity index is 1.71. The van der Waals surface area contributed by atoms with Crippen molar-refractivity contribution in [3.05, 3.63) is 78.0 Å². The highest BCUT2D eigenvalue weighted by atomic mass is 15.1. The highest BCUT2D eigenvalue weighted by molar-refractivity contribution is 5.92. The van der Waals surface area contributed by atoms with E-state index >= 15 is 0 Å². The third kappa shape index (κ3) is 2.38. The molecule has 2 heteroatoms. The molecule has 24 heavy (non-hydrogen) atoms. The van der Waals surface area contributed by atoms with E-state index in [2.05, 4.69) is 90.8 Å². The van der Waals surface area contributed by atoms with Crippen LogP contribution < -0.4 is 0 Å². The average molecular weight is 316 g/mol. The van der Waals surface area contributed by atoms with E-state index in [4.69, 9.17) is 0 Å². The molecule has 122 valence electrons. The molecule has 1 aliphatic carbocycles. The first kappa shape index (κ1) is 15.2. The van der Waals surface area contributed by atoms with Crippen molar-refractivity contribution in [2.24, 2.45) is 0 Å². The maximum Gasteiger partial charge on any atom is 0.0492 e. The largest absolute Gasteiger partial charge is 0.361 e. The number of benzene rings is 2. The predicted octanol–water partition coefficient (Wildman–Crippen LogP) is 5.19. The summed E-state index contributed by atoms with van der Waals surface area (Å²) in [6.45, 7) is 0. The van der Waals surface area contributed by atoms with Crippen LogP contribution in [0.3, 0.4) is 0 Å². The van der Waals surface area contributed by atoms with Crippen LogP contribution in [-0.2, 0) is 5.54 Å². The first-order chi connectivity index (χ1) is 11.7. The molecule has 4 rings (SSSR count). The summed E-state index contributed by atoms with van der Waals surface area (Å²) in [4.78, 5) is 5.80. The van der Waals surface area contributed by atoms with Crippen molar-refractivity contribution in [2.45, 2.75) is 24.8 Å². The molecule has 0 spiro atoms. The lowest BCUT2D eigenvalue weighted by Gasteiger charge is -2.43. The predicted molar refractivity (Wildman–Crippen MR) is 102 cm³/mol. The van der Waals surface area contributed by atoms with Crippen molar-refractivity contribution >= 4 is 16.5 Å². The summed E-state index contributed by atoms with van der Waals surface area (Å²) in [6, 6.07) is 19.5. The zero-order valence-electron chi connectivity index (χ0n) is 14.4. The minimum Gasteiger partial charge on any atom is -0.361 e. The van der Waals surface area contributed by atoms with E-state index in [1.165, 1.54) is 27.6 Å². The van der Waals surface area contributed by atoms with E-state index in [1.807, 2.05) is 0 Å². The van der Waals surface area contributed by atoms with Gasteiger partial charge in [0, 0.05) is 28.2 Å². The lowest BCUT2D eigenvalue weighted by Crippen LogP contribution is -2.42. The molecular weight excluding hydrogens is 292 g/mol. The van der Waals surface area contributed by atoms with E-state index < -0.39 is 0 Å². The fourth-order valence-corrected chi connectivity index (χ4v) is 4.09. The van der Waals surface area contributed by atoms with Gasteiger partial charge in [0.2, 0.25) is 0 Å². The number of H-pyrrole nitrogens is 1. The van der Waals surface area contributed by atoms with Gasteiger partial charge in [-0.25, -0.2) is 0 Å². The molecule has 1 heterocycles. The Kier molecular flexibility index (Phi) is 3.78. The number of aromatic amines is 1. The Labute approximate surface area is 143 Å². The molecule has 2 nitrogen and oxygen atoms in total. The molecule has 1 N–H and O–H groups in total. The number of nitrogens with one attached hydrogen (secondary N) is 1. The van der Waals surface area contributed by atoms with Gasteiger partial charge in [-0.3, -0.25) is 4.90 Å². The van der Waals surface area contributed by atoms with Gasteiger partial charge in [-0.15, -0.1) is 0 Å². The monoisotopic (exact) mass is 316 g/mol. The lowest BCUT2D eigenvalue weighted by molar-refractivity contribution is 0.138. The van der Waals surface area contributed by atoms with Crippen LogP contribution in [-0.4, -0.2) is 24.0 Å². The molecule has 1 unspecified atom stereocenters. The molecule has 1 atom stereocenters. The van der Waals surface area contributed by atoms with Crippen molar-refractivity contribution in [1.82, 2.24) is 9.88 Å². The number of hydrogen-bond acceptors (Lipinski definition) is 1. The summed E-state index contributed by atoms with van der Waals surface area (Å²) < 4.78 is 0. The topological polar surface area (TPSA) is 19.0 Å². The van der Waals surface area contributed by atoms with Crippen molar-refractivity contribution in [3.63, 3.8) is 0 Å². The van der Waals surface area contributed by atoms with E-state index in [0.717, 1.165) is 19.3 Å². The van der Waals surface area contributed by atoms with E-state index in [-0.39, 0.29) is 5.54 Å². The second-order valence-corrected chi connectivity index (χ2v) is 6.97. The fourth-order valence-electron chi connectivity index (χ4n) is 4.09. The molecule has 0 saturated carbocycles. The third-order valence-electron chi connectivity index (χ3n) is 5.60. The smallest absolute Gasteiger partial charge is 0.0492 e. The molecular formula is C22H24N2. The van der Waals surface area contributed by atoms with Crippen molar-refractivity contribution in [3.8, 4) is 0 Å². The number of allylic oxidation sites excluding steroid dienone is 1. The zero-order valence-corrected chi connectivity index (χ0v) is 14.4. The highest BCUT2D eigenvalue weighted by Gasteiger charge is 2.36. The Morgan fingerprint density at radius 1 is 0.958 bits per heavy atom. The Bertz CT molecular complexity index is 873. The van der Waals surface area contributed by atoms with Crippen molar-refractivity contribution in [2.75, 3.05) is 14.1 Å². The van der Waals surface area contributed by atoms with Gasteiger partial charge in [-0.1, -0.05) is 54.6 Å². The summed E-state index contributed by atoms with van der Waals surface area (Å²) in [5.74, 6) is 0. The van der Waals surface area contributed by atoms with Crippen molar-refractivity contribution in [1.29, 1.82) is 0 Å². The van der Waals surface area contributed by atoms with Crippen LogP contribution in [0, 0.1) is 0 Å². The maximum atomic E-state index is 3.41. The molecule has 0 fully saturated rings. The van der Waals surface area contributed by atoms with E-state index in [0.29, 0.717) is 0 Å². The summed E-state index contributed by atoms with van der Waals surface area (Å²) in [5, 5.41) is 1.33. The van der Waals surface area contributed by atoms with Crippen LogP contribution in [0.25, 0.3) is 16.5 Å². The Morgan fingerprint density at radius 2 is 1.71 bits per heavy atom. The Morgan fingerprint density at radius 3 is 2.42 bits per heavy atom. The van der Waals surface area contributed by atoms with Crippen LogP contribution in [0.5, 0.6) is 0 Å². The SMILES string of the molecule is CN(C)C1(c2ccccc2)CC=C(c2c[nH]c3ccccc23)CC1. The third-order valence-corrected chi connectivity index (χ3v) is 5.60. The molecule has 0 saturated heterocycles. The number of hydrogen-bond donors (Lipinski definition) is 1. The standard InChI is InChI=1S/C22H24N2/c1-24(2)22(18-8-4-3-5-9-18)14-12-17(13-15-22)20-16-23-21-11-7-6-10-19(20)21/h3-12,16,23H,13-15H2,1-2H3. The number of fused-ring (bicyclic) bond motifs is 1. The molecule has 0 amide bonds. The van der Waals surface area contributed by atoms with Crippen molar-refractivity contribution < 1.29 is 0 Å². The number of aromatic nitrogens is 1. The van der Waals surface area contributed by atoms with Crippen LogP contribution >= 0.6 is 0 Å². The first-order valence-electron chi connectivity index (χ1n) is 8.69. The van der Waals surface area contributed by atoms with Gasteiger partial charge in [0.25, 0.3) is 0 Å². The van der Waals surface area contributed by atoms with Gasteiger partial charge in [0.1, 0.15) is 0 Å². The highest BCUT2D eigenvalue weighted by Crippen LogP contribution is 2.43. The Hall–Kier alpha value is -2.32. The van der Waals surface area contributed by atoms with E-state index in [9.17, 15) is 0 Å². The number of para-hydroxylation sites is 1. The van der Waals surface area contributed by atoms with Crippen LogP contribution in [0.1, 0.15) is 30.4 Å². The van der Waals surface area contributed by atoms with Gasteiger partial charge >= 0.3 is 0 Å². The zero-order chi connectivity index (χ0) is 16.6. The van der Waals surface area contributed by atoms with Crippen LogP contribution in [0.2, 0.25) is 0 Å². The summed E-state index contributed by atoms with van der Waals surface area (Å²) in [5.41, 5.74) is 5.59. The van der Waals surface area contributed by atoms with Gasteiger partial charge in [-0.05, 0) is 50.6 Å². The van der Waals surface area contributed by atoms with Gasteiger partial charge in [-0.2, -0.15) is 0 Å². The van der Waals surface area contributed by atoms with Gasteiger partial charge in [0.05, 0.1) is 0 Å². The molecule has 0 radical (unpaired) electrons. The molecule has 2 aromatic carbocycles. The molecule has 1 aliphatic rings. The van der Waals surface area contributed by atoms with Crippen LogP contribution in [0.15, 0.2) is 66.9 Å². The average Bonchev–Trinajstić information content (AvgIpc) is 3.06. The normalized spacial score (nSPS) is 21.2. The summed E-state index contributed by atoms with van der Waals surface area (Å²) >= 11 is 0. The minimum atomic E-state index is 0.108. The fraction of sp³-hybridized carbons (Fsp3) is 0.273. The molecule has 3 aromatic rings.